The molecule has 1 N–H and O–H groups in total. The first kappa shape index (κ1) is 19.2. The third kappa shape index (κ3) is 5.20. The number of aromatic nitrogens is 3. The van der Waals surface area contributed by atoms with Crippen LogP contribution in [-0.4, -0.2) is 33.0 Å². The molecule has 0 bridgehead atoms. The second-order valence-corrected chi connectivity index (χ2v) is 7.61. The van der Waals surface area contributed by atoms with Gasteiger partial charge < -0.3 is 5.32 Å². The van der Waals surface area contributed by atoms with Crippen molar-refractivity contribution in [2.75, 3.05) is 12.3 Å². The van der Waals surface area contributed by atoms with E-state index in [4.69, 9.17) is 0 Å². The first-order chi connectivity index (χ1) is 13.1. The number of hydrogen-bond donors (Lipinski definition) is 1. The Balaban J connectivity index is 1.79. The number of carbonyl (C=O) groups excluding carboxylic acids is 1. The van der Waals surface area contributed by atoms with Crippen LogP contribution in [0.4, 0.5) is 0 Å². The molecule has 0 fully saturated rings. The highest BCUT2D eigenvalue weighted by molar-refractivity contribution is 7.99. The summed E-state index contributed by atoms with van der Waals surface area (Å²) < 4.78 is 2.00. The molecule has 3 rings (SSSR count). The average molecular weight is 381 g/mol. The van der Waals surface area contributed by atoms with E-state index in [-0.39, 0.29) is 5.91 Å². The van der Waals surface area contributed by atoms with Gasteiger partial charge in [0, 0.05) is 17.8 Å². The molecule has 0 aliphatic rings. The summed E-state index contributed by atoms with van der Waals surface area (Å²) in [6, 6.07) is 19.9. The summed E-state index contributed by atoms with van der Waals surface area (Å²) in [6.07, 6.45) is 0.981. The number of nitrogens with one attached hydrogen (secondary N) is 1. The van der Waals surface area contributed by atoms with E-state index in [1.807, 2.05) is 65.2 Å². The molecule has 5 nitrogen and oxygen atoms in total. The SMILES string of the molecule is CC(C)CCNC(=O)CSc1nnc(-c2ccccc2)n1-c1ccccc1. The van der Waals surface area contributed by atoms with Crippen molar-refractivity contribution in [1.82, 2.24) is 20.1 Å². The number of nitrogens with zero attached hydrogens (tertiary/aromatic N) is 3. The molecule has 0 spiro atoms. The van der Waals surface area contributed by atoms with Gasteiger partial charge in [-0.05, 0) is 24.5 Å². The van der Waals surface area contributed by atoms with Crippen molar-refractivity contribution >= 4 is 17.7 Å². The van der Waals surface area contributed by atoms with Crippen LogP contribution in [-0.2, 0) is 4.79 Å². The van der Waals surface area contributed by atoms with Crippen LogP contribution in [0.15, 0.2) is 65.8 Å². The van der Waals surface area contributed by atoms with E-state index in [1.54, 1.807) is 0 Å². The van der Waals surface area contributed by atoms with Gasteiger partial charge in [0.05, 0.1) is 5.75 Å². The van der Waals surface area contributed by atoms with Crippen LogP contribution in [0.1, 0.15) is 20.3 Å². The van der Waals surface area contributed by atoms with E-state index in [1.165, 1.54) is 11.8 Å². The number of thioether (sulfide) groups is 1. The predicted octanol–water partition coefficient (Wildman–Crippen LogP) is 4.19. The number of amides is 1. The summed E-state index contributed by atoms with van der Waals surface area (Å²) in [5, 5.41) is 12.4. The maximum Gasteiger partial charge on any atom is 0.230 e. The molecule has 0 aliphatic heterocycles. The van der Waals surface area contributed by atoms with Crippen LogP contribution in [0, 0.1) is 5.92 Å². The Kier molecular flexibility index (Phi) is 6.65. The summed E-state index contributed by atoms with van der Waals surface area (Å²) in [4.78, 5) is 12.1. The molecule has 0 saturated carbocycles. The van der Waals surface area contributed by atoms with Crippen LogP contribution >= 0.6 is 11.8 Å². The number of benzene rings is 2. The predicted molar refractivity (Wildman–Crippen MR) is 110 cm³/mol. The second-order valence-electron chi connectivity index (χ2n) is 6.66. The zero-order valence-corrected chi connectivity index (χ0v) is 16.4. The molecule has 0 radical (unpaired) electrons. The topological polar surface area (TPSA) is 59.8 Å². The number of hydrogen-bond acceptors (Lipinski definition) is 4. The number of para-hydroxylation sites is 1. The average Bonchev–Trinajstić information content (AvgIpc) is 3.11. The highest BCUT2D eigenvalue weighted by Crippen LogP contribution is 2.27. The van der Waals surface area contributed by atoms with E-state index < -0.39 is 0 Å². The third-order valence-corrected chi connectivity index (χ3v) is 4.98. The Morgan fingerprint density at radius 2 is 1.70 bits per heavy atom. The van der Waals surface area contributed by atoms with Crippen molar-refractivity contribution in [3.63, 3.8) is 0 Å². The molecule has 1 heterocycles. The lowest BCUT2D eigenvalue weighted by atomic mass is 10.1. The van der Waals surface area contributed by atoms with Gasteiger partial charge in [0.2, 0.25) is 5.91 Å². The third-order valence-electron chi connectivity index (χ3n) is 4.06. The van der Waals surface area contributed by atoms with Crippen LogP contribution < -0.4 is 5.32 Å². The Labute approximate surface area is 164 Å². The molecule has 1 aromatic heterocycles. The summed E-state index contributed by atoms with van der Waals surface area (Å²) in [5.74, 6) is 1.68. The Bertz CT molecular complexity index is 862. The first-order valence-corrected chi connectivity index (χ1v) is 10.1. The minimum absolute atomic E-state index is 0.0181. The lowest BCUT2D eigenvalue weighted by molar-refractivity contribution is -0.118. The lowest BCUT2D eigenvalue weighted by Crippen LogP contribution is -2.27. The molecule has 0 saturated heterocycles. The smallest absolute Gasteiger partial charge is 0.230 e. The van der Waals surface area contributed by atoms with Crippen molar-refractivity contribution in [2.45, 2.75) is 25.4 Å². The molecule has 6 heteroatoms. The lowest BCUT2D eigenvalue weighted by Gasteiger charge is -2.10. The van der Waals surface area contributed by atoms with Gasteiger partial charge in [-0.1, -0.05) is 74.1 Å². The maximum absolute atomic E-state index is 12.1. The van der Waals surface area contributed by atoms with Gasteiger partial charge in [0.1, 0.15) is 0 Å². The Morgan fingerprint density at radius 1 is 1.04 bits per heavy atom. The highest BCUT2D eigenvalue weighted by atomic mass is 32.2. The molecule has 0 aliphatic carbocycles. The van der Waals surface area contributed by atoms with E-state index in [0.717, 1.165) is 23.5 Å². The maximum atomic E-state index is 12.1. The molecule has 2 aromatic carbocycles. The largest absolute Gasteiger partial charge is 0.355 e. The minimum Gasteiger partial charge on any atom is -0.355 e. The van der Waals surface area contributed by atoms with Crippen LogP contribution in [0.2, 0.25) is 0 Å². The zero-order chi connectivity index (χ0) is 19.1. The van der Waals surface area contributed by atoms with Crippen molar-refractivity contribution in [2.24, 2.45) is 5.92 Å². The van der Waals surface area contributed by atoms with Gasteiger partial charge in [0.15, 0.2) is 11.0 Å². The molecule has 3 aromatic rings. The quantitative estimate of drug-likeness (QED) is 0.595. The van der Waals surface area contributed by atoms with Crippen LogP contribution in [0.3, 0.4) is 0 Å². The zero-order valence-electron chi connectivity index (χ0n) is 15.6. The summed E-state index contributed by atoms with van der Waals surface area (Å²) in [6.45, 7) is 5.00. The normalized spacial score (nSPS) is 10.9. The Morgan fingerprint density at radius 3 is 2.37 bits per heavy atom. The van der Waals surface area contributed by atoms with Gasteiger partial charge in [-0.2, -0.15) is 0 Å². The minimum atomic E-state index is 0.0181. The van der Waals surface area contributed by atoms with Crippen molar-refractivity contribution in [3.8, 4) is 17.1 Å². The van der Waals surface area contributed by atoms with Crippen molar-refractivity contribution in [1.29, 1.82) is 0 Å². The van der Waals surface area contributed by atoms with Crippen molar-refractivity contribution < 1.29 is 4.79 Å². The second kappa shape index (κ2) is 9.37. The number of rotatable bonds is 8. The monoisotopic (exact) mass is 380 g/mol. The van der Waals surface area contributed by atoms with Gasteiger partial charge in [-0.25, -0.2) is 0 Å². The van der Waals surface area contributed by atoms with Gasteiger partial charge in [-0.15, -0.1) is 10.2 Å². The molecule has 0 atom stereocenters. The van der Waals surface area contributed by atoms with Gasteiger partial charge in [0.25, 0.3) is 0 Å². The molecule has 0 unspecified atom stereocenters. The van der Waals surface area contributed by atoms with Gasteiger partial charge in [-0.3, -0.25) is 9.36 Å². The van der Waals surface area contributed by atoms with E-state index in [9.17, 15) is 4.79 Å². The summed E-state index contributed by atoms with van der Waals surface area (Å²) in [5.41, 5.74) is 1.96. The van der Waals surface area contributed by atoms with Crippen molar-refractivity contribution in [3.05, 3.63) is 60.7 Å². The fraction of sp³-hybridized carbons (Fsp3) is 0.286. The molecule has 27 heavy (non-hydrogen) atoms. The molecular weight excluding hydrogens is 356 g/mol. The number of carbonyl (C=O) groups is 1. The molecule has 140 valence electrons. The van der Waals surface area contributed by atoms with E-state index in [0.29, 0.717) is 23.4 Å². The van der Waals surface area contributed by atoms with Gasteiger partial charge >= 0.3 is 0 Å². The first-order valence-electron chi connectivity index (χ1n) is 9.11. The summed E-state index contributed by atoms with van der Waals surface area (Å²) >= 11 is 1.40. The highest BCUT2D eigenvalue weighted by Gasteiger charge is 2.17. The van der Waals surface area contributed by atoms with E-state index in [2.05, 4.69) is 29.4 Å². The standard InChI is InChI=1S/C21H24N4OS/c1-16(2)13-14-22-19(26)15-27-21-24-23-20(17-9-5-3-6-10-17)25(21)18-11-7-4-8-12-18/h3-12,16H,13-15H2,1-2H3,(H,22,26). The fourth-order valence-electron chi connectivity index (χ4n) is 2.63. The summed E-state index contributed by atoms with van der Waals surface area (Å²) in [7, 11) is 0. The molecule has 1 amide bonds. The van der Waals surface area contributed by atoms with E-state index >= 15 is 0 Å². The van der Waals surface area contributed by atoms with Crippen LogP contribution in [0.25, 0.3) is 17.1 Å². The fourth-order valence-corrected chi connectivity index (χ4v) is 3.41. The molecular formula is C21H24N4OS. The Hall–Kier alpha value is -2.60. The van der Waals surface area contributed by atoms with Crippen LogP contribution in [0.5, 0.6) is 0 Å².